The van der Waals surface area contributed by atoms with Gasteiger partial charge in [-0.05, 0) is 30.7 Å². The molecule has 4 heteroatoms. The fraction of sp³-hybridized carbons (Fsp3) is 0.312. The van der Waals surface area contributed by atoms with Crippen molar-refractivity contribution < 1.29 is 4.74 Å². The first-order valence-corrected chi connectivity index (χ1v) is 6.81. The van der Waals surface area contributed by atoms with Crippen molar-refractivity contribution in [2.24, 2.45) is 0 Å². The molecule has 0 radical (unpaired) electrons. The number of para-hydroxylation sites is 1. The molecule has 0 fully saturated rings. The molecule has 0 aliphatic carbocycles. The minimum absolute atomic E-state index is 0.137. The summed E-state index contributed by atoms with van der Waals surface area (Å²) >= 11 is 0. The Balaban J connectivity index is 2.61. The molecule has 0 aliphatic rings. The van der Waals surface area contributed by atoms with Gasteiger partial charge < -0.3 is 15.0 Å². The van der Waals surface area contributed by atoms with Crippen molar-refractivity contribution in [2.75, 3.05) is 12.8 Å². The number of hydrogen-bond donors (Lipinski definition) is 1. The molecule has 1 aromatic heterocycles. The number of unbranched alkanes of at least 4 members (excludes halogenated alkanes) is 1. The topological polar surface area (TPSA) is 57.2 Å². The summed E-state index contributed by atoms with van der Waals surface area (Å²) in [6, 6.07) is 11.2. The molecule has 0 saturated heterocycles. The minimum Gasteiger partial charge on any atom is -0.496 e. The van der Waals surface area contributed by atoms with E-state index >= 15 is 0 Å². The van der Waals surface area contributed by atoms with Crippen molar-refractivity contribution >= 4 is 5.69 Å². The van der Waals surface area contributed by atoms with Gasteiger partial charge in [-0.2, -0.15) is 0 Å². The number of ether oxygens (including phenoxy) is 1. The first-order valence-electron chi connectivity index (χ1n) is 6.81. The quantitative estimate of drug-likeness (QED) is 0.910. The summed E-state index contributed by atoms with van der Waals surface area (Å²) in [6.45, 7) is 2.76. The predicted octanol–water partition coefficient (Wildman–Crippen LogP) is 2.91. The molecular weight excluding hydrogens is 252 g/mol. The van der Waals surface area contributed by atoms with Gasteiger partial charge in [-0.1, -0.05) is 25.5 Å². The Labute approximate surface area is 118 Å². The number of anilines is 1. The summed E-state index contributed by atoms with van der Waals surface area (Å²) in [6.07, 6.45) is 1.96. The van der Waals surface area contributed by atoms with Crippen LogP contribution in [0.25, 0.3) is 11.3 Å². The number of hydrogen-bond acceptors (Lipinski definition) is 3. The van der Waals surface area contributed by atoms with E-state index in [4.69, 9.17) is 10.5 Å². The lowest BCUT2D eigenvalue weighted by Gasteiger charge is -2.15. The Morgan fingerprint density at radius 3 is 2.65 bits per heavy atom. The van der Waals surface area contributed by atoms with E-state index in [1.165, 1.54) is 0 Å². The summed E-state index contributed by atoms with van der Waals surface area (Å²) in [5.41, 5.74) is 7.63. The van der Waals surface area contributed by atoms with E-state index in [0.29, 0.717) is 6.54 Å². The van der Waals surface area contributed by atoms with E-state index in [2.05, 4.69) is 6.92 Å². The third-order valence-corrected chi connectivity index (χ3v) is 3.32. The minimum atomic E-state index is -0.137. The van der Waals surface area contributed by atoms with E-state index in [1.807, 2.05) is 30.3 Å². The van der Waals surface area contributed by atoms with Crippen molar-refractivity contribution in [1.29, 1.82) is 0 Å². The zero-order chi connectivity index (χ0) is 14.5. The van der Waals surface area contributed by atoms with Crippen LogP contribution in [0, 0.1) is 0 Å². The molecule has 2 N–H and O–H groups in total. The third kappa shape index (κ3) is 2.69. The number of nitrogens with zero attached hydrogens (tertiary/aromatic N) is 1. The van der Waals surface area contributed by atoms with Crippen molar-refractivity contribution in [3.63, 3.8) is 0 Å². The summed E-state index contributed by atoms with van der Waals surface area (Å²) in [7, 11) is 1.63. The smallest absolute Gasteiger partial charge is 0.274 e. The van der Waals surface area contributed by atoms with Crippen LogP contribution in [0.3, 0.4) is 0 Å². The number of benzene rings is 1. The molecule has 0 amide bonds. The highest BCUT2D eigenvalue weighted by atomic mass is 16.5. The maximum Gasteiger partial charge on any atom is 0.274 e. The largest absolute Gasteiger partial charge is 0.496 e. The van der Waals surface area contributed by atoms with Gasteiger partial charge in [0.1, 0.15) is 5.75 Å². The second-order valence-electron chi connectivity index (χ2n) is 4.68. The number of methoxy groups -OCH3 is 1. The van der Waals surface area contributed by atoms with E-state index in [9.17, 15) is 4.79 Å². The molecule has 4 nitrogen and oxygen atoms in total. The van der Waals surface area contributed by atoms with Gasteiger partial charge in [-0.25, -0.2) is 0 Å². The van der Waals surface area contributed by atoms with Crippen LogP contribution in [0.5, 0.6) is 5.75 Å². The molecule has 106 valence electrons. The van der Waals surface area contributed by atoms with Crippen LogP contribution in [-0.2, 0) is 6.54 Å². The zero-order valence-electron chi connectivity index (χ0n) is 11.9. The summed E-state index contributed by atoms with van der Waals surface area (Å²) in [5.74, 6) is 0.752. The van der Waals surface area contributed by atoms with Gasteiger partial charge in [-0.3, -0.25) is 4.79 Å². The van der Waals surface area contributed by atoms with Crippen LogP contribution in [-0.4, -0.2) is 11.7 Å². The lowest BCUT2D eigenvalue weighted by atomic mass is 10.1. The number of aromatic nitrogens is 1. The monoisotopic (exact) mass is 272 g/mol. The number of nitrogens with two attached hydrogens (primary N) is 1. The predicted molar refractivity (Wildman–Crippen MR) is 82.0 cm³/mol. The Bertz CT molecular complexity index is 647. The molecule has 2 aromatic rings. The van der Waals surface area contributed by atoms with Gasteiger partial charge >= 0.3 is 0 Å². The normalized spacial score (nSPS) is 10.5. The van der Waals surface area contributed by atoms with Crippen LogP contribution in [0.15, 0.2) is 41.2 Å². The highest BCUT2D eigenvalue weighted by Crippen LogP contribution is 2.29. The Morgan fingerprint density at radius 2 is 1.95 bits per heavy atom. The van der Waals surface area contributed by atoms with Crippen molar-refractivity contribution in [2.45, 2.75) is 26.3 Å². The fourth-order valence-electron chi connectivity index (χ4n) is 2.22. The van der Waals surface area contributed by atoms with Crippen molar-refractivity contribution in [1.82, 2.24) is 4.57 Å². The molecule has 0 saturated carbocycles. The SMILES string of the molecule is CCCCn1c(-c2ccccc2OC)ccc(N)c1=O. The van der Waals surface area contributed by atoms with E-state index in [-0.39, 0.29) is 11.2 Å². The van der Waals surface area contributed by atoms with Gasteiger partial charge in [-0.15, -0.1) is 0 Å². The molecule has 1 aromatic carbocycles. The van der Waals surface area contributed by atoms with Gasteiger partial charge in [0.05, 0.1) is 18.5 Å². The number of rotatable bonds is 5. The average Bonchev–Trinajstić information content (AvgIpc) is 2.48. The van der Waals surface area contributed by atoms with E-state index in [1.54, 1.807) is 17.7 Å². The van der Waals surface area contributed by atoms with Gasteiger partial charge in [0.2, 0.25) is 0 Å². The van der Waals surface area contributed by atoms with Crippen LogP contribution in [0.1, 0.15) is 19.8 Å². The fourth-order valence-corrected chi connectivity index (χ4v) is 2.22. The average molecular weight is 272 g/mol. The van der Waals surface area contributed by atoms with Crippen LogP contribution >= 0.6 is 0 Å². The van der Waals surface area contributed by atoms with Gasteiger partial charge in [0.15, 0.2) is 0 Å². The third-order valence-electron chi connectivity index (χ3n) is 3.32. The maximum atomic E-state index is 12.3. The highest BCUT2D eigenvalue weighted by Gasteiger charge is 2.12. The summed E-state index contributed by atoms with van der Waals surface area (Å²) < 4.78 is 7.12. The number of nitrogen functional groups attached to an aromatic ring is 1. The van der Waals surface area contributed by atoms with Crippen LogP contribution in [0.4, 0.5) is 5.69 Å². The molecule has 1 heterocycles. The Morgan fingerprint density at radius 1 is 1.20 bits per heavy atom. The van der Waals surface area contributed by atoms with Gasteiger partial charge in [0, 0.05) is 12.1 Å². The molecule has 2 rings (SSSR count). The molecule has 0 spiro atoms. The first-order chi connectivity index (χ1) is 9.69. The van der Waals surface area contributed by atoms with E-state index < -0.39 is 0 Å². The zero-order valence-corrected chi connectivity index (χ0v) is 11.9. The second-order valence-corrected chi connectivity index (χ2v) is 4.68. The molecule has 0 unspecified atom stereocenters. The summed E-state index contributed by atoms with van der Waals surface area (Å²) in [4.78, 5) is 12.3. The molecule has 0 bridgehead atoms. The summed E-state index contributed by atoms with van der Waals surface area (Å²) in [5, 5.41) is 0. The Hall–Kier alpha value is -2.23. The standard InChI is InChI=1S/C16H20N2O2/c1-3-4-11-18-14(10-9-13(17)16(18)19)12-7-5-6-8-15(12)20-2/h5-10H,3-4,11,17H2,1-2H3. The first kappa shape index (κ1) is 14.2. The maximum absolute atomic E-state index is 12.3. The molecular formula is C16H20N2O2. The Kier molecular flexibility index (Phi) is 4.45. The molecule has 20 heavy (non-hydrogen) atoms. The molecule has 0 aliphatic heterocycles. The lowest BCUT2D eigenvalue weighted by molar-refractivity contribution is 0.416. The molecule has 0 atom stereocenters. The van der Waals surface area contributed by atoms with Crippen LogP contribution in [0.2, 0.25) is 0 Å². The van der Waals surface area contributed by atoms with Crippen LogP contribution < -0.4 is 16.0 Å². The highest BCUT2D eigenvalue weighted by molar-refractivity contribution is 5.68. The number of pyridine rings is 1. The lowest BCUT2D eigenvalue weighted by Crippen LogP contribution is -2.24. The van der Waals surface area contributed by atoms with Gasteiger partial charge in [0.25, 0.3) is 5.56 Å². The second kappa shape index (κ2) is 6.28. The van der Waals surface area contributed by atoms with Crippen molar-refractivity contribution in [3.8, 4) is 17.0 Å². The van der Waals surface area contributed by atoms with E-state index in [0.717, 1.165) is 29.8 Å². The van der Waals surface area contributed by atoms with Crippen molar-refractivity contribution in [3.05, 3.63) is 46.8 Å².